The molecule has 2 nitrogen and oxygen atoms in total. The van der Waals surface area contributed by atoms with Gasteiger partial charge in [-0.05, 0) is 11.5 Å². The van der Waals surface area contributed by atoms with Gasteiger partial charge < -0.3 is 5.32 Å². The molecule has 0 bridgehead atoms. The molecule has 1 aromatic rings. The first-order valence-corrected chi connectivity index (χ1v) is 4.81. The molecule has 0 spiro atoms. The van der Waals surface area contributed by atoms with Gasteiger partial charge in [-0.2, -0.15) is 13.2 Å². The molecule has 1 rings (SSSR count). The number of alkyl halides is 3. The molecule has 16 heavy (non-hydrogen) atoms. The van der Waals surface area contributed by atoms with Gasteiger partial charge in [0, 0.05) is 6.54 Å². The SMILES string of the molecule is C[C@H](CNC(=O)C(F)(F)F)c1ccccc1. The number of carbonyl (C=O) groups is 1. The van der Waals surface area contributed by atoms with Crippen LogP contribution in [-0.2, 0) is 4.79 Å². The van der Waals surface area contributed by atoms with E-state index >= 15 is 0 Å². The maximum absolute atomic E-state index is 11.9. The van der Waals surface area contributed by atoms with Crippen molar-refractivity contribution in [2.24, 2.45) is 0 Å². The Labute approximate surface area is 91.5 Å². The highest BCUT2D eigenvalue weighted by atomic mass is 19.4. The van der Waals surface area contributed by atoms with Crippen molar-refractivity contribution in [3.8, 4) is 0 Å². The van der Waals surface area contributed by atoms with Gasteiger partial charge in [0.25, 0.3) is 0 Å². The van der Waals surface area contributed by atoms with E-state index in [1.807, 2.05) is 23.5 Å². The van der Waals surface area contributed by atoms with E-state index in [9.17, 15) is 18.0 Å². The zero-order valence-corrected chi connectivity index (χ0v) is 8.71. The van der Waals surface area contributed by atoms with E-state index in [0.29, 0.717) is 0 Å². The molecule has 0 aromatic heterocycles. The Kier molecular flexibility index (Phi) is 3.93. The summed E-state index contributed by atoms with van der Waals surface area (Å²) in [4.78, 5) is 10.6. The van der Waals surface area contributed by atoms with E-state index < -0.39 is 12.1 Å². The largest absolute Gasteiger partial charge is 0.471 e. The number of benzene rings is 1. The van der Waals surface area contributed by atoms with Gasteiger partial charge in [-0.1, -0.05) is 37.3 Å². The van der Waals surface area contributed by atoms with Crippen LogP contribution < -0.4 is 5.32 Å². The minimum absolute atomic E-state index is 0.0254. The monoisotopic (exact) mass is 231 g/mol. The van der Waals surface area contributed by atoms with Gasteiger partial charge in [0.2, 0.25) is 0 Å². The lowest BCUT2D eigenvalue weighted by Crippen LogP contribution is -2.38. The van der Waals surface area contributed by atoms with Crippen LogP contribution in [0.4, 0.5) is 13.2 Å². The predicted octanol–water partition coefficient (Wildman–Crippen LogP) is 2.47. The predicted molar refractivity (Wildman–Crippen MR) is 53.9 cm³/mol. The second-order valence-electron chi connectivity index (χ2n) is 3.52. The number of amides is 1. The van der Waals surface area contributed by atoms with Gasteiger partial charge in [0.15, 0.2) is 0 Å². The van der Waals surface area contributed by atoms with E-state index in [0.717, 1.165) is 5.56 Å². The van der Waals surface area contributed by atoms with Crippen LogP contribution in [0.15, 0.2) is 30.3 Å². The van der Waals surface area contributed by atoms with Gasteiger partial charge in [0.1, 0.15) is 0 Å². The van der Waals surface area contributed by atoms with Crippen LogP contribution in [-0.4, -0.2) is 18.6 Å². The molecule has 0 saturated heterocycles. The fourth-order valence-corrected chi connectivity index (χ4v) is 1.25. The lowest BCUT2D eigenvalue weighted by atomic mass is 10.0. The van der Waals surface area contributed by atoms with Crippen LogP contribution in [0.3, 0.4) is 0 Å². The Morgan fingerprint density at radius 3 is 2.38 bits per heavy atom. The lowest BCUT2D eigenvalue weighted by molar-refractivity contribution is -0.173. The van der Waals surface area contributed by atoms with Gasteiger partial charge in [-0.15, -0.1) is 0 Å². The van der Waals surface area contributed by atoms with Crippen LogP contribution in [0.5, 0.6) is 0 Å². The number of nitrogens with one attached hydrogen (secondary N) is 1. The summed E-state index contributed by atoms with van der Waals surface area (Å²) in [5.74, 6) is -2.04. The van der Waals surface area contributed by atoms with Gasteiger partial charge in [-0.3, -0.25) is 4.79 Å². The van der Waals surface area contributed by atoms with Crippen molar-refractivity contribution < 1.29 is 18.0 Å². The summed E-state index contributed by atoms with van der Waals surface area (Å²) in [6.45, 7) is 1.73. The summed E-state index contributed by atoms with van der Waals surface area (Å²) in [6.07, 6.45) is -4.81. The van der Waals surface area contributed by atoms with Gasteiger partial charge in [-0.25, -0.2) is 0 Å². The Morgan fingerprint density at radius 2 is 1.88 bits per heavy atom. The fraction of sp³-hybridized carbons (Fsp3) is 0.364. The molecule has 0 aliphatic heterocycles. The molecular weight excluding hydrogens is 219 g/mol. The Morgan fingerprint density at radius 1 is 1.31 bits per heavy atom. The standard InChI is InChI=1S/C11H12F3NO/c1-8(9-5-3-2-4-6-9)7-15-10(16)11(12,13)14/h2-6,8H,7H2,1H3,(H,15,16)/t8-/m1/s1. The second kappa shape index (κ2) is 5.01. The van der Waals surface area contributed by atoms with Crippen molar-refractivity contribution in [2.75, 3.05) is 6.54 Å². The molecule has 88 valence electrons. The maximum atomic E-state index is 11.9. The number of carbonyl (C=O) groups excluding carboxylic acids is 1. The topological polar surface area (TPSA) is 29.1 Å². The van der Waals surface area contributed by atoms with Crippen LogP contribution in [0.1, 0.15) is 18.4 Å². The zero-order chi connectivity index (χ0) is 12.2. The van der Waals surface area contributed by atoms with E-state index in [4.69, 9.17) is 0 Å². The van der Waals surface area contributed by atoms with Crippen LogP contribution in [0.2, 0.25) is 0 Å². The summed E-state index contributed by atoms with van der Waals surface area (Å²) >= 11 is 0. The van der Waals surface area contributed by atoms with E-state index in [1.165, 1.54) is 0 Å². The molecular formula is C11H12F3NO. The van der Waals surface area contributed by atoms with E-state index in [2.05, 4.69) is 0 Å². The molecule has 0 heterocycles. The molecule has 1 N–H and O–H groups in total. The van der Waals surface area contributed by atoms with Crippen molar-refractivity contribution in [2.45, 2.75) is 19.0 Å². The Bertz CT molecular complexity index is 348. The first-order chi connectivity index (χ1) is 7.41. The number of rotatable bonds is 3. The van der Waals surface area contributed by atoms with Crippen molar-refractivity contribution >= 4 is 5.91 Å². The van der Waals surface area contributed by atoms with Crippen molar-refractivity contribution in [3.05, 3.63) is 35.9 Å². The van der Waals surface area contributed by atoms with E-state index in [1.54, 1.807) is 19.1 Å². The third kappa shape index (κ3) is 3.56. The summed E-state index contributed by atoms with van der Waals surface area (Å²) in [6, 6.07) is 9.05. The molecule has 1 aromatic carbocycles. The Hall–Kier alpha value is -1.52. The number of hydrogen-bond donors (Lipinski definition) is 1. The van der Waals surface area contributed by atoms with Crippen molar-refractivity contribution in [1.82, 2.24) is 5.32 Å². The van der Waals surface area contributed by atoms with Gasteiger partial charge >= 0.3 is 12.1 Å². The first-order valence-electron chi connectivity index (χ1n) is 4.81. The molecule has 0 unspecified atom stereocenters. The van der Waals surface area contributed by atoms with Crippen LogP contribution in [0, 0.1) is 0 Å². The summed E-state index contributed by atoms with van der Waals surface area (Å²) in [5.41, 5.74) is 0.893. The normalized spacial score (nSPS) is 13.2. The average Bonchev–Trinajstić information content (AvgIpc) is 2.25. The number of halogens is 3. The highest BCUT2D eigenvalue weighted by Crippen LogP contribution is 2.16. The Balaban J connectivity index is 2.48. The molecule has 0 aliphatic carbocycles. The summed E-state index contributed by atoms with van der Waals surface area (Å²) in [7, 11) is 0. The molecule has 5 heteroatoms. The maximum Gasteiger partial charge on any atom is 0.471 e. The highest BCUT2D eigenvalue weighted by molar-refractivity contribution is 5.81. The van der Waals surface area contributed by atoms with E-state index in [-0.39, 0.29) is 12.5 Å². The minimum Gasteiger partial charge on any atom is -0.348 e. The fourth-order valence-electron chi connectivity index (χ4n) is 1.25. The minimum atomic E-state index is -4.81. The average molecular weight is 231 g/mol. The number of hydrogen-bond acceptors (Lipinski definition) is 1. The van der Waals surface area contributed by atoms with Crippen LogP contribution in [0.25, 0.3) is 0 Å². The molecule has 1 atom stereocenters. The van der Waals surface area contributed by atoms with Gasteiger partial charge in [0.05, 0.1) is 0 Å². The van der Waals surface area contributed by atoms with Crippen molar-refractivity contribution in [3.63, 3.8) is 0 Å². The summed E-state index contributed by atoms with van der Waals surface area (Å²) in [5, 5.41) is 1.86. The quantitative estimate of drug-likeness (QED) is 0.850. The third-order valence-electron chi connectivity index (χ3n) is 2.19. The zero-order valence-electron chi connectivity index (χ0n) is 8.71. The lowest BCUT2D eigenvalue weighted by Gasteiger charge is -2.13. The summed E-state index contributed by atoms with van der Waals surface area (Å²) < 4.78 is 35.7. The third-order valence-corrected chi connectivity index (χ3v) is 2.19. The molecule has 1 amide bonds. The first kappa shape index (κ1) is 12.5. The van der Waals surface area contributed by atoms with Crippen LogP contribution >= 0.6 is 0 Å². The molecule has 0 fully saturated rings. The molecule has 0 aliphatic rings. The van der Waals surface area contributed by atoms with Crippen molar-refractivity contribution in [1.29, 1.82) is 0 Å². The second-order valence-corrected chi connectivity index (χ2v) is 3.52. The highest BCUT2D eigenvalue weighted by Gasteiger charge is 2.38. The smallest absolute Gasteiger partial charge is 0.348 e. The molecule has 0 radical (unpaired) electrons. The molecule has 0 saturated carbocycles.